The van der Waals surface area contributed by atoms with E-state index in [0.29, 0.717) is 37.2 Å². The van der Waals surface area contributed by atoms with Crippen molar-refractivity contribution in [1.82, 2.24) is 0 Å². The van der Waals surface area contributed by atoms with Gasteiger partial charge in [-0.15, -0.1) is 0 Å². The third kappa shape index (κ3) is 2.39. The summed E-state index contributed by atoms with van der Waals surface area (Å²) in [5, 5.41) is 11.4. The molecule has 1 aliphatic heterocycles. The van der Waals surface area contributed by atoms with Gasteiger partial charge in [-0.3, -0.25) is 0 Å². The molecule has 2 rings (SSSR count). The van der Waals surface area contributed by atoms with Crippen molar-refractivity contribution in [1.29, 1.82) is 0 Å². The van der Waals surface area contributed by atoms with Gasteiger partial charge in [0.1, 0.15) is 5.67 Å². The van der Waals surface area contributed by atoms with E-state index < -0.39 is 5.67 Å². The van der Waals surface area contributed by atoms with Crippen LogP contribution in [-0.4, -0.2) is 24.3 Å². The summed E-state index contributed by atoms with van der Waals surface area (Å²) in [5.74, 6) is 0.0245. The van der Waals surface area contributed by atoms with Crippen LogP contribution in [0.1, 0.15) is 24.0 Å². The van der Waals surface area contributed by atoms with Crippen LogP contribution < -0.4 is 5.73 Å². The molecule has 1 saturated heterocycles. The smallest absolute Gasteiger partial charge is 0.170 e. The summed E-state index contributed by atoms with van der Waals surface area (Å²) in [4.78, 5) is 0. The third-order valence-electron chi connectivity index (χ3n) is 3.09. The van der Waals surface area contributed by atoms with E-state index in [-0.39, 0.29) is 5.84 Å². The van der Waals surface area contributed by atoms with Crippen LogP contribution >= 0.6 is 0 Å². The average Bonchev–Trinajstić information content (AvgIpc) is 2.39. The summed E-state index contributed by atoms with van der Waals surface area (Å²) in [7, 11) is 0. The Labute approximate surface area is 98.9 Å². The normalized spacial score (nSPS) is 20.2. The summed E-state index contributed by atoms with van der Waals surface area (Å²) in [6.07, 6.45) is 0.742. The lowest BCUT2D eigenvalue weighted by molar-refractivity contribution is -0.0114. The van der Waals surface area contributed by atoms with Gasteiger partial charge in [0.2, 0.25) is 0 Å². The van der Waals surface area contributed by atoms with Crippen molar-refractivity contribution >= 4 is 5.84 Å². The minimum absolute atomic E-state index is 0.0245. The number of halogens is 1. The van der Waals surface area contributed by atoms with E-state index in [1.807, 2.05) is 0 Å². The molecule has 0 amide bonds. The van der Waals surface area contributed by atoms with E-state index >= 15 is 0 Å². The number of nitrogens with zero attached hydrogens (tertiary/aromatic N) is 1. The molecule has 0 bridgehead atoms. The number of hydrogen-bond donors (Lipinski definition) is 2. The largest absolute Gasteiger partial charge is 0.409 e. The molecular weight excluding hydrogens is 223 g/mol. The Kier molecular flexibility index (Phi) is 3.28. The number of nitrogens with two attached hydrogens (primary N) is 1. The van der Waals surface area contributed by atoms with Crippen LogP contribution in [0.3, 0.4) is 0 Å². The van der Waals surface area contributed by atoms with Gasteiger partial charge in [0.15, 0.2) is 5.84 Å². The first-order valence-corrected chi connectivity index (χ1v) is 5.51. The second-order valence-electron chi connectivity index (χ2n) is 4.14. The summed E-state index contributed by atoms with van der Waals surface area (Å²) in [5.41, 5.74) is 5.32. The van der Waals surface area contributed by atoms with E-state index in [4.69, 9.17) is 15.7 Å². The Balaban J connectivity index is 2.22. The average molecular weight is 238 g/mol. The first-order chi connectivity index (χ1) is 8.15. The minimum Gasteiger partial charge on any atom is -0.409 e. The Morgan fingerprint density at radius 3 is 2.41 bits per heavy atom. The van der Waals surface area contributed by atoms with Crippen LogP contribution in [0.25, 0.3) is 0 Å². The Hall–Kier alpha value is -1.62. The van der Waals surface area contributed by atoms with Crippen molar-refractivity contribution in [2.24, 2.45) is 10.9 Å². The second-order valence-corrected chi connectivity index (χ2v) is 4.14. The van der Waals surface area contributed by atoms with Gasteiger partial charge in [-0.05, 0) is 5.56 Å². The molecule has 0 saturated carbocycles. The maximum atomic E-state index is 14.5. The second kappa shape index (κ2) is 4.71. The van der Waals surface area contributed by atoms with Crippen LogP contribution in [0.15, 0.2) is 29.4 Å². The first-order valence-electron chi connectivity index (χ1n) is 5.51. The SMILES string of the molecule is N/C(=N\O)c1ccc(C2(F)CCOCC2)cc1. The molecule has 0 unspecified atom stereocenters. The van der Waals surface area contributed by atoms with Gasteiger partial charge in [0.05, 0.1) is 0 Å². The number of alkyl halides is 1. The molecule has 0 aliphatic carbocycles. The zero-order chi connectivity index (χ0) is 12.3. The highest BCUT2D eigenvalue weighted by atomic mass is 19.1. The lowest BCUT2D eigenvalue weighted by atomic mass is 9.88. The Morgan fingerprint density at radius 1 is 1.29 bits per heavy atom. The van der Waals surface area contributed by atoms with E-state index in [1.54, 1.807) is 24.3 Å². The summed E-state index contributed by atoms with van der Waals surface area (Å²) in [6, 6.07) is 6.67. The highest BCUT2D eigenvalue weighted by Crippen LogP contribution is 2.36. The van der Waals surface area contributed by atoms with E-state index in [1.165, 1.54) is 0 Å². The first kappa shape index (κ1) is 11.9. The Morgan fingerprint density at radius 2 is 1.88 bits per heavy atom. The van der Waals surface area contributed by atoms with Crippen LogP contribution in [0, 0.1) is 0 Å². The van der Waals surface area contributed by atoms with E-state index in [2.05, 4.69) is 5.16 Å². The monoisotopic (exact) mass is 238 g/mol. The number of rotatable bonds is 2. The van der Waals surface area contributed by atoms with Gasteiger partial charge in [-0.2, -0.15) is 0 Å². The predicted molar refractivity (Wildman–Crippen MR) is 61.8 cm³/mol. The van der Waals surface area contributed by atoms with Gasteiger partial charge < -0.3 is 15.7 Å². The lowest BCUT2D eigenvalue weighted by Gasteiger charge is -2.29. The Bertz CT molecular complexity index is 411. The molecule has 0 aromatic heterocycles. The fraction of sp³-hybridized carbons (Fsp3) is 0.417. The molecule has 1 heterocycles. The van der Waals surface area contributed by atoms with Crippen LogP contribution in [0.4, 0.5) is 4.39 Å². The standard InChI is InChI=1S/C12H15FN2O2/c13-12(5-7-17-8-6-12)10-3-1-9(2-4-10)11(14)15-16/h1-4,16H,5-8H2,(H2,14,15). The van der Waals surface area contributed by atoms with Crippen molar-refractivity contribution in [3.63, 3.8) is 0 Å². The van der Waals surface area contributed by atoms with Crippen molar-refractivity contribution in [2.45, 2.75) is 18.5 Å². The van der Waals surface area contributed by atoms with E-state index in [9.17, 15) is 4.39 Å². The van der Waals surface area contributed by atoms with Crippen molar-refractivity contribution in [2.75, 3.05) is 13.2 Å². The molecule has 5 heteroatoms. The number of oxime groups is 1. The van der Waals surface area contributed by atoms with Gasteiger partial charge in [-0.1, -0.05) is 29.4 Å². The van der Waals surface area contributed by atoms with Crippen LogP contribution in [-0.2, 0) is 10.4 Å². The zero-order valence-electron chi connectivity index (χ0n) is 9.40. The third-order valence-corrected chi connectivity index (χ3v) is 3.09. The van der Waals surface area contributed by atoms with Gasteiger partial charge in [0.25, 0.3) is 0 Å². The molecule has 0 atom stereocenters. The number of amidine groups is 1. The molecule has 1 fully saturated rings. The molecule has 1 aromatic rings. The molecule has 4 nitrogen and oxygen atoms in total. The van der Waals surface area contributed by atoms with E-state index in [0.717, 1.165) is 0 Å². The highest BCUT2D eigenvalue weighted by molar-refractivity contribution is 5.96. The van der Waals surface area contributed by atoms with Crippen molar-refractivity contribution < 1.29 is 14.3 Å². The quantitative estimate of drug-likeness (QED) is 0.357. The van der Waals surface area contributed by atoms with Crippen LogP contribution in [0.5, 0.6) is 0 Å². The topological polar surface area (TPSA) is 67.8 Å². The number of hydrogen-bond acceptors (Lipinski definition) is 3. The number of ether oxygens (including phenoxy) is 1. The summed E-state index contributed by atoms with van der Waals surface area (Å²) < 4.78 is 19.7. The molecule has 0 spiro atoms. The molecule has 17 heavy (non-hydrogen) atoms. The summed E-state index contributed by atoms with van der Waals surface area (Å²) >= 11 is 0. The minimum atomic E-state index is -1.32. The lowest BCUT2D eigenvalue weighted by Crippen LogP contribution is -2.29. The van der Waals surface area contributed by atoms with Crippen LogP contribution in [0.2, 0.25) is 0 Å². The molecule has 1 aromatic carbocycles. The number of benzene rings is 1. The fourth-order valence-corrected chi connectivity index (χ4v) is 1.98. The summed E-state index contributed by atoms with van der Waals surface area (Å²) in [6.45, 7) is 0.886. The van der Waals surface area contributed by atoms with Gasteiger partial charge in [0, 0.05) is 31.6 Å². The highest BCUT2D eigenvalue weighted by Gasteiger charge is 2.34. The zero-order valence-corrected chi connectivity index (χ0v) is 9.40. The fourth-order valence-electron chi connectivity index (χ4n) is 1.98. The predicted octanol–water partition coefficient (Wildman–Crippen LogP) is 1.76. The molecule has 3 N–H and O–H groups in total. The molecular formula is C12H15FN2O2. The van der Waals surface area contributed by atoms with Gasteiger partial charge >= 0.3 is 0 Å². The molecule has 92 valence electrons. The van der Waals surface area contributed by atoms with Crippen molar-refractivity contribution in [3.05, 3.63) is 35.4 Å². The van der Waals surface area contributed by atoms with Crippen molar-refractivity contribution in [3.8, 4) is 0 Å². The van der Waals surface area contributed by atoms with Gasteiger partial charge in [-0.25, -0.2) is 4.39 Å². The molecule has 0 radical (unpaired) electrons. The maximum Gasteiger partial charge on any atom is 0.170 e. The molecule has 1 aliphatic rings. The maximum absolute atomic E-state index is 14.5.